The van der Waals surface area contributed by atoms with E-state index < -0.39 is 0 Å². The molecule has 1 aromatic carbocycles. The molecule has 1 fully saturated rings. The Kier molecular flexibility index (Phi) is 5.52. The third-order valence-corrected chi connectivity index (χ3v) is 3.91. The van der Waals surface area contributed by atoms with Crippen LogP contribution in [0.1, 0.15) is 18.4 Å². The fraction of sp³-hybridized carbons (Fsp3) is 0.467. The van der Waals surface area contributed by atoms with Crippen LogP contribution in [0.25, 0.3) is 0 Å². The molecule has 0 bridgehead atoms. The summed E-state index contributed by atoms with van der Waals surface area (Å²) < 4.78 is 5.73. The minimum atomic E-state index is -0.0263. The number of benzene rings is 1. The first-order valence-electron chi connectivity index (χ1n) is 7.10. The molecule has 1 aliphatic heterocycles. The van der Waals surface area contributed by atoms with E-state index in [1.807, 2.05) is 24.3 Å². The highest BCUT2D eigenvalue weighted by molar-refractivity contribution is 7.80. The third-order valence-electron chi connectivity index (χ3n) is 3.68. The van der Waals surface area contributed by atoms with Crippen LogP contribution in [0.4, 0.5) is 0 Å². The quantitative estimate of drug-likeness (QED) is 0.765. The van der Waals surface area contributed by atoms with E-state index >= 15 is 0 Å². The van der Waals surface area contributed by atoms with E-state index in [0.29, 0.717) is 11.6 Å². The maximum absolute atomic E-state index is 11.8. The standard InChI is InChI=1S/C15H21N3O2S/c1-17-15(19)13-6-3-7-18(13)8-9-20-12-5-2-4-11(10-12)14(16)21/h2,4-5,10,13H,3,6-9H2,1H3,(H2,16,21)(H,17,19). The van der Waals surface area contributed by atoms with Crippen molar-refractivity contribution in [1.82, 2.24) is 10.2 Å². The van der Waals surface area contributed by atoms with Gasteiger partial charge in [-0.15, -0.1) is 0 Å². The molecule has 0 aromatic heterocycles. The topological polar surface area (TPSA) is 67.6 Å². The van der Waals surface area contributed by atoms with Crippen LogP contribution in [0.3, 0.4) is 0 Å². The summed E-state index contributed by atoms with van der Waals surface area (Å²) in [6.07, 6.45) is 1.96. The fourth-order valence-corrected chi connectivity index (χ4v) is 2.70. The molecule has 1 heterocycles. The Morgan fingerprint density at radius 3 is 3.10 bits per heavy atom. The lowest BCUT2D eigenvalue weighted by molar-refractivity contribution is -0.125. The number of hydrogen-bond acceptors (Lipinski definition) is 4. The van der Waals surface area contributed by atoms with Gasteiger partial charge < -0.3 is 15.8 Å². The number of likely N-dealkylation sites (N-methyl/N-ethyl adjacent to an activating group) is 1. The first-order chi connectivity index (χ1) is 10.1. The molecular formula is C15H21N3O2S. The number of amides is 1. The molecule has 1 atom stereocenters. The zero-order valence-electron chi connectivity index (χ0n) is 12.2. The minimum Gasteiger partial charge on any atom is -0.492 e. The molecule has 1 unspecified atom stereocenters. The number of nitrogens with two attached hydrogens (primary N) is 1. The molecule has 21 heavy (non-hydrogen) atoms. The van der Waals surface area contributed by atoms with Crippen molar-refractivity contribution in [3.05, 3.63) is 29.8 Å². The molecule has 114 valence electrons. The number of ether oxygens (including phenoxy) is 1. The van der Waals surface area contributed by atoms with Gasteiger partial charge in [-0.3, -0.25) is 9.69 Å². The van der Waals surface area contributed by atoms with Crippen molar-refractivity contribution in [3.63, 3.8) is 0 Å². The summed E-state index contributed by atoms with van der Waals surface area (Å²) in [6, 6.07) is 7.41. The number of nitrogens with zero attached hydrogens (tertiary/aromatic N) is 1. The monoisotopic (exact) mass is 307 g/mol. The van der Waals surface area contributed by atoms with Gasteiger partial charge in [0.2, 0.25) is 5.91 Å². The third kappa shape index (κ3) is 4.15. The molecule has 1 amide bonds. The number of carbonyl (C=O) groups excluding carboxylic acids is 1. The molecule has 3 N–H and O–H groups in total. The number of carbonyl (C=O) groups is 1. The highest BCUT2D eigenvalue weighted by Crippen LogP contribution is 2.18. The Bertz CT molecular complexity index is 521. The van der Waals surface area contributed by atoms with Crippen molar-refractivity contribution >= 4 is 23.1 Å². The highest BCUT2D eigenvalue weighted by atomic mass is 32.1. The summed E-state index contributed by atoms with van der Waals surface area (Å²) in [7, 11) is 1.68. The summed E-state index contributed by atoms with van der Waals surface area (Å²) in [5.74, 6) is 0.832. The zero-order valence-corrected chi connectivity index (χ0v) is 13.0. The zero-order chi connectivity index (χ0) is 15.2. The number of thiocarbonyl (C=S) groups is 1. The van der Waals surface area contributed by atoms with Gasteiger partial charge in [-0.25, -0.2) is 0 Å². The van der Waals surface area contributed by atoms with Gasteiger partial charge in [-0.05, 0) is 31.5 Å². The number of likely N-dealkylation sites (tertiary alicyclic amines) is 1. The van der Waals surface area contributed by atoms with Crippen LogP contribution in [0.2, 0.25) is 0 Å². The largest absolute Gasteiger partial charge is 0.492 e. The van der Waals surface area contributed by atoms with Gasteiger partial charge in [0.1, 0.15) is 17.3 Å². The maximum atomic E-state index is 11.8. The molecule has 5 nitrogen and oxygen atoms in total. The summed E-state index contributed by atoms with van der Waals surface area (Å²) in [5, 5.41) is 2.72. The van der Waals surface area contributed by atoms with Crippen molar-refractivity contribution in [1.29, 1.82) is 0 Å². The van der Waals surface area contributed by atoms with E-state index in [2.05, 4.69) is 10.2 Å². The Morgan fingerprint density at radius 1 is 1.57 bits per heavy atom. The minimum absolute atomic E-state index is 0.0263. The molecule has 0 spiro atoms. The Balaban J connectivity index is 1.85. The molecule has 1 saturated heterocycles. The number of rotatable bonds is 6. The first kappa shape index (κ1) is 15.7. The number of nitrogens with one attached hydrogen (secondary N) is 1. The van der Waals surface area contributed by atoms with E-state index in [-0.39, 0.29) is 11.9 Å². The average molecular weight is 307 g/mol. The molecule has 1 aromatic rings. The van der Waals surface area contributed by atoms with Gasteiger partial charge in [0.25, 0.3) is 0 Å². The van der Waals surface area contributed by atoms with Gasteiger partial charge >= 0.3 is 0 Å². The summed E-state index contributed by atoms with van der Waals surface area (Å²) in [4.78, 5) is 14.3. The normalized spacial score (nSPS) is 18.4. The van der Waals surface area contributed by atoms with Crippen LogP contribution in [0, 0.1) is 0 Å². The van der Waals surface area contributed by atoms with Crippen LogP contribution in [-0.4, -0.2) is 48.6 Å². The van der Waals surface area contributed by atoms with Crippen molar-refractivity contribution in [3.8, 4) is 5.75 Å². The van der Waals surface area contributed by atoms with Crippen LogP contribution in [0.5, 0.6) is 5.75 Å². The fourth-order valence-electron chi connectivity index (χ4n) is 2.58. The highest BCUT2D eigenvalue weighted by Gasteiger charge is 2.29. The second-order valence-electron chi connectivity index (χ2n) is 5.05. The van der Waals surface area contributed by atoms with Gasteiger partial charge in [0.05, 0.1) is 6.04 Å². The maximum Gasteiger partial charge on any atom is 0.237 e. The van der Waals surface area contributed by atoms with E-state index in [1.54, 1.807) is 7.05 Å². The smallest absolute Gasteiger partial charge is 0.237 e. The Hall–Kier alpha value is -1.66. The van der Waals surface area contributed by atoms with E-state index in [9.17, 15) is 4.79 Å². The lowest BCUT2D eigenvalue weighted by atomic mass is 10.2. The number of hydrogen-bond donors (Lipinski definition) is 2. The van der Waals surface area contributed by atoms with Crippen molar-refractivity contribution in [2.24, 2.45) is 5.73 Å². The predicted octanol–water partition coefficient (Wildman–Crippen LogP) is 0.910. The molecule has 0 saturated carbocycles. The second-order valence-corrected chi connectivity index (χ2v) is 5.49. The molecule has 0 aliphatic carbocycles. The van der Waals surface area contributed by atoms with Crippen molar-refractivity contribution < 1.29 is 9.53 Å². The van der Waals surface area contributed by atoms with Crippen molar-refractivity contribution in [2.75, 3.05) is 26.7 Å². The second kappa shape index (κ2) is 7.38. The molecule has 0 radical (unpaired) electrons. The van der Waals surface area contributed by atoms with Gasteiger partial charge in [-0.1, -0.05) is 24.4 Å². The summed E-state index contributed by atoms with van der Waals surface area (Å²) in [6.45, 7) is 2.21. The molecule has 2 rings (SSSR count). The van der Waals surface area contributed by atoms with Crippen LogP contribution >= 0.6 is 12.2 Å². The molecule has 6 heteroatoms. The van der Waals surface area contributed by atoms with Crippen LogP contribution in [0.15, 0.2) is 24.3 Å². The van der Waals surface area contributed by atoms with E-state index in [4.69, 9.17) is 22.7 Å². The lowest BCUT2D eigenvalue weighted by Gasteiger charge is -2.22. The van der Waals surface area contributed by atoms with Gasteiger partial charge in [0.15, 0.2) is 0 Å². The van der Waals surface area contributed by atoms with Gasteiger partial charge in [0, 0.05) is 19.2 Å². The predicted molar refractivity (Wildman–Crippen MR) is 86.5 cm³/mol. The Labute approximate surface area is 130 Å². The Morgan fingerprint density at radius 2 is 2.38 bits per heavy atom. The van der Waals surface area contributed by atoms with Gasteiger partial charge in [-0.2, -0.15) is 0 Å². The molecule has 1 aliphatic rings. The van der Waals surface area contributed by atoms with Crippen LogP contribution in [-0.2, 0) is 4.79 Å². The van der Waals surface area contributed by atoms with Crippen molar-refractivity contribution in [2.45, 2.75) is 18.9 Å². The SMILES string of the molecule is CNC(=O)C1CCCN1CCOc1cccc(C(N)=S)c1. The van der Waals surface area contributed by atoms with Crippen LogP contribution < -0.4 is 15.8 Å². The molecular weight excluding hydrogens is 286 g/mol. The lowest BCUT2D eigenvalue weighted by Crippen LogP contribution is -2.43. The average Bonchev–Trinajstić information content (AvgIpc) is 2.95. The summed E-state index contributed by atoms with van der Waals surface area (Å²) in [5.41, 5.74) is 6.40. The van der Waals surface area contributed by atoms with E-state index in [1.165, 1.54) is 0 Å². The summed E-state index contributed by atoms with van der Waals surface area (Å²) >= 11 is 4.95. The van der Waals surface area contributed by atoms with E-state index in [0.717, 1.165) is 37.2 Å². The first-order valence-corrected chi connectivity index (χ1v) is 7.51.